The highest BCUT2D eigenvalue weighted by atomic mass is 16.1. The van der Waals surface area contributed by atoms with Gasteiger partial charge in [0.2, 0.25) is 5.95 Å². The Balaban J connectivity index is 1.40. The maximum atomic E-state index is 12.8. The first-order valence-electron chi connectivity index (χ1n) is 10.1. The Kier molecular flexibility index (Phi) is 6.46. The van der Waals surface area contributed by atoms with Crippen LogP contribution >= 0.6 is 0 Å². The Bertz CT molecular complexity index is 974. The average molecular weight is 403 g/mol. The lowest BCUT2D eigenvalue weighted by molar-refractivity contribution is 0.102. The molecule has 2 aromatic heterocycles. The van der Waals surface area contributed by atoms with Crippen molar-refractivity contribution in [1.82, 2.24) is 20.3 Å². The molecule has 8 heteroatoms. The van der Waals surface area contributed by atoms with Gasteiger partial charge in [0.1, 0.15) is 5.69 Å². The summed E-state index contributed by atoms with van der Waals surface area (Å²) in [5.41, 5.74) is 3.19. The molecule has 0 radical (unpaired) electrons. The molecule has 0 saturated carbocycles. The first kappa shape index (κ1) is 19.8. The number of carbonyl (C=O) groups excluding carboxylic acids is 1. The Morgan fingerprint density at radius 3 is 2.73 bits per heavy atom. The Morgan fingerprint density at radius 2 is 1.90 bits per heavy atom. The van der Waals surface area contributed by atoms with Crippen LogP contribution in [0.25, 0.3) is 0 Å². The zero-order valence-corrected chi connectivity index (χ0v) is 16.7. The van der Waals surface area contributed by atoms with E-state index < -0.39 is 0 Å². The fraction of sp³-hybridized carbons (Fsp3) is 0.273. The number of amides is 1. The van der Waals surface area contributed by atoms with Gasteiger partial charge in [0.05, 0.1) is 17.6 Å². The van der Waals surface area contributed by atoms with Gasteiger partial charge in [-0.2, -0.15) is 0 Å². The van der Waals surface area contributed by atoms with Crippen molar-refractivity contribution in [2.75, 3.05) is 48.3 Å². The summed E-state index contributed by atoms with van der Waals surface area (Å²) in [4.78, 5) is 27.8. The number of anilines is 3. The molecule has 3 aromatic rings. The summed E-state index contributed by atoms with van der Waals surface area (Å²) in [6.45, 7) is 4.29. The van der Waals surface area contributed by atoms with Crippen LogP contribution in [0.1, 0.15) is 16.1 Å². The van der Waals surface area contributed by atoms with Crippen molar-refractivity contribution in [2.45, 2.75) is 6.42 Å². The molecule has 0 unspecified atom stereocenters. The Hall–Kier alpha value is -3.52. The summed E-state index contributed by atoms with van der Waals surface area (Å²) < 4.78 is 0. The largest absolute Gasteiger partial charge is 0.367 e. The van der Waals surface area contributed by atoms with Crippen LogP contribution in [0, 0.1) is 0 Å². The van der Waals surface area contributed by atoms with E-state index >= 15 is 0 Å². The van der Waals surface area contributed by atoms with E-state index in [1.807, 2.05) is 24.3 Å². The summed E-state index contributed by atoms with van der Waals surface area (Å²) >= 11 is 0. The summed E-state index contributed by atoms with van der Waals surface area (Å²) in [6.07, 6.45) is 5.86. The number of nitrogens with one attached hydrogen (secondary N) is 3. The molecule has 4 rings (SSSR count). The van der Waals surface area contributed by atoms with Gasteiger partial charge in [0, 0.05) is 45.1 Å². The smallest absolute Gasteiger partial charge is 0.274 e. The van der Waals surface area contributed by atoms with Crippen molar-refractivity contribution in [1.29, 1.82) is 0 Å². The molecule has 0 aliphatic carbocycles. The number of hydrogen-bond acceptors (Lipinski definition) is 7. The van der Waals surface area contributed by atoms with E-state index in [-0.39, 0.29) is 5.91 Å². The monoisotopic (exact) mass is 403 g/mol. The second kappa shape index (κ2) is 9.80. The van der Waals surface area contributed by atoms with Crippen molar-refractivity contribution in [3.8, 4) is 0 Å². The molecule has 0 bridgehead atoms. The number of pyridine rings is 1. The lowest BCUT2D eigenvalue weighted by Gasteiger charge is -2.30. The molecule has 1 aliphatic rings. The minimum Gasteiger partial charge on any atom is -0.367 e. The van der Waals surface area contributed by atoms with E-state index in [1.165, 1.54) is 5.56 Å². The third kappa shape index (κ3) is 5.09. The van der Waals surface area contributed by atoms with Crippen LogP contribution in [0.5, 0.6) is 0 Å². The quantitative estimate of drug-likeness (QED) is 0.557. The fourth-order valence-electron chi connectivity index (χ4n) is 3.38. The van der Waals surface area contributed by atoms with Gasteiger partial charge < -0.3 is 20.9 Å². The number of aromatic nitrogens is 3. The molecule has 154 valence electrons. The van der Waals surface area contributed by atoms with Gasteiger partial charge in [-0.3, -0.25) is 9.78 Å². The summed E-state index contributed by atoms with van der Waals surface area (Å²) in [7, 11) is 0. The van der Waals surface area contributed by atoms with Crippen LogP contribution in [-0.4, -0.2) is 53.6 Å². The molecular formula is C22H25N7O. The zero-order valence-electron chi connectivity index (χ0n) is 16.7. The maximum Gasteiger partial charge on any atom is 0.274 e. The molecule has 0 atom stereocenters. The highest BCUT2D eigenvalue weighted by molar-refractivity contribution is 6.04. The minimum absolute atomic E-state index is 0.284. The highest BCUT2D eigenvalue weighted by Crippen LogP contribution is 2.25. The van der Waals surface area contributed by atoms with Crippen LogP contribution in [0.2, 0.25) is 0 Å². The number of benzene rings is 1. The molecule has 3 heterocycles. The van der Waals surface area contributed by atoms with Gasteiger partial charge in [-0.1, -0.05) is 30.3 Å². The topological polar surface area (TPSA) is 95.1 Å². The summed E-state index contributed by atoms with van der Waals surface area (Å²) in [6, 6.07) is 13.7. The van der Waals surface area contributed by atoms with Crippen molar-refractivity contribution < 1.29 is 4.79 Å². The third-order valence-electron chi connectivity index (χ3n) is 4.93. The molecule has 1 amide bonds. The van der Waals surface area contributed by atoms with E-state index in [2.05, 4.69) is 47.9 Å². The average Bonchev–Trinajstić information content (AvgIpc) is 2.81. The van der Waals surface area contributed by atoms with E-state index in [1.54, 1.807) is 24.7 Å². The molecule has 8 nitrogen and oxygen atoms in total. The number of hydrogen-bond donors (Lipinski definition) is 3. The van der Waals surface area contributed by atoms with Gasteiger partial charge >= 0.3 is 0 Å². The van der Waals surface area contributed by atoms with E-state index in [4.69, 9.17) is 0 Å². The van der Waals surface area contributed by atoms with Crippen molar-refractivity contribution >= 4 is 23.2 Å². The first-order chi connectivity index (χ1) is 14.8. The highest BCUT2D eigenvalue weighted by Gasteiger charge is 2.17. The second-order valence-electron chi connectivity index (χ2n) is 7.01. The normalized spacial score (nSPS) is 13.7. The van der Waals surface area contributed by atoms with E-state index in [0.717, 1.165) is 38.3 Å². The van der Waals surface area contributed by atoms with Crippen molar-refractivity contribution in [3.63, 3.8) is 0 Å². The first-order valence-corrected chi connectivity index (χ1v) is 10.1. The van der Waals surface area contributed by atoms with Gasteiger partial charge in [-0.15, -0.1) is 0 Å². The minimum atomic E-state index is -0.284. The van der Waals surface area contributed by atoms with Crippen molar-refractivity contribution in [3.05, 3.63) is 72.3 Å². The maximum absolute atomic E-state index is 12.8. The van der Waals surface area contributed by atoms with Crippen LogP contribution < -0.4 is 20.9 Å². The van der Waals surface area contributed by atoms with Gasteiger partial charge in [-0.25, -0.2) is 9.97 Å². The lowest BCUT2D eigenvalue weighted by Crippen LogP contribution is -2.43. The number of piperazine rings is 1. The second-order valence-corrected chi connectivity index (χ2v) is 7.01. The van der Waals surface area contributed by atoms with Gasteiger partial charge in [0.25, 0.3) is 5.91 Å². The molecule has 30 heavy (non-hydrogen) atoms. The van der Waals surface area contributed by atoms with Gasteiger partial charge in [0.15, 0.2) is 0 Å². The van der Waals surface area contributed by atoms with Gasteiger partial charge in [-0.05, 0) is 24.1 Å². The molecule has 1 aromatic carbocycles. The van der Waals surface area contributed by atoms with Crippen LogP contribution in [0.3, 0.4) is 0 Å². The SMILES string of the molecule is O=C(Nc1cnccc1N1CCNCC1)c1ccnc(NCCc2ccccc2)n1. The number of rotatable bonds is 7. The fourth-order valence-corrected chi connectivity index (χ4v) is 3.38. The molecule has 1 saturated heterocycles. The molecular weight excluding hydrogens is 378 g/mol. The van der Waals surface area contributed by atoms with Crippen molar-refractivity contribution in [2.24, 2.45) is 0 Å². The molecule has 0 spiro atoms. The predicted octanol–water partition coefficient (Wildman–Crippen LogP) is 2.19. The Morgan fingerprint density at radius 1 is 1.07 bits per heavy atom. The predicted molar refractivity (Wildman–Crippen MR) is 118 cm³/mol. The summed E-state index contributed by atoms with van der Waals surface area (Å²) in [5, 5.41) is 9.47. The summed E-state index contributed by atoms with van der Waals surface area (Å²) in [5.74, 6) is 0.153. The van der Waals surface area contributed by atoms with Crippen LogP contribution in [0.4, 0.5) is 17.3 Å². The zero-order chi connectivity index (χ0) is 20.6. The third-order valence-corrected chi connectivity index (χ3v) is 4.93. The van der Waals surface area contributed by atoms with E-state index in [0.29, 0.717) is 23.9 Å². The van der Waals surface area contributed by atoms with Crippen LogP contribution in [0.15, 0.2) is 61.1 Å². The lowest BCUT2D eigenvalue weighted by atomic mass is 10.1. The standard InChI is InChI=1S/C22H25N7O/c30-21(27-19-16-24-9-8-20(19)29-14-12-23-13-15-29)18-7-11-26-22(28-18)25-10-6-17-4-2-1-3-5-17/h1-5,7-9,11,16,23H,6,10,12-15H2,(H,27,30)(H,25,26,28). The molecule has 1 fully saturated rings. The number of nitrogens with zero attached hydrogens (tertiary/aromatic N) is 4. The number of carbonyl (C=O) groups is 1. The molecule has 3 N–H and O–H groups in total. The van der Waals surface area contributed by atoms with E-state index in [9.17, 15) is 4.79 Å². The van der Waals surface area contributed by atoms with Crippen LogP contribution in [-0.2, 0) is 6.42 Å². The molecule has 1 aliphatic heterocycles. The Labute approximate surface area is 175 Å².